The maximum atomic E-state index is 9.02. The number of para-hydroxylation sites is 1. The lowest BCUT2D eigenvalue weighted by molar-refractivity contribution is 0.301. The van der Waals surface area contributed by atoms with Crippen molar-refractivity contribution in [2.24, 2.45) is 0 Å². The first-order valence-corrected chi connectivity index (χ1v) is 11.6. The van der Waals surface area contributed by atoms with Gasteiger partial charge in [0.2, 0.25) is 0 Å². The van der Waals surface area contributed by atoms with E-state index >= 15 is 0 Å². The van der Waals surface area contributed by atoms with E-state index in [2.05, 4.69) is 46.3 Å². The van der Waals surface area contributed by atoms with Crippen molar-refractivity contribution in [2.75, 3.05) is 11.4 Å². The Morgan fingerprint density at radius 1 is 1.03 bits per heavy atom. The number of fused-ring (bicyclic) bond motifs is 2. The van der Waals surface area contributed by atoms with Gasteiger partial charge >= 0.3 is 0 Å². The van der Waals surface area contributed by atoms with Crippen LogP contribution in [0.15, 0.2) is 72.8 Å². The van der Waals surface area contributed by atoms with Gasteiger partial charge in [-0.1, -0.05) is 54.1 Å². The molecule has 4 aromatic rings. The van der Waals surface area contributed by atoms with Crippen LogP contribution >= 0.6 is 11.6 Å². The quantitative estimate of drug-likeness (QED) is 0.321. The van der Waals surface area contributed by atoms with Crippen LogP contribution in [0.5, 0.6) is 5.75 Å². The third-order valence-electron chi connectivity index (χ3n) is 6.05. The number of hydrogen-bond donors (Lipinski definition) is 0. The van der Waals surface area contributed by atoms with Crippen LogP contribution in [0.2, 0.25) is 5.02 Å². The van der Waals surface area contributed by atoms with Crippen molar-refractivity contribution < 1.29 is 4.74 Å². The van der Waals surface area contributed by atoms with E-state index in [1.807, 2.05) is 42.5 Å². The van der Waals surface area contributed by atoms with Crippen LogP contribution in [-0.4, -0.2) is 11.5 Å². The van der Waals surface area contributed by atoms with Crippen molar-refractivity contribution in [3.63, 3.8) is 0 Å². The Hall–Kier alpha value is -3.55. The number of anilines is 1. The van der Waals surface area contributed by atoms with Gasteiger partial charge in [0.15, 0.2) is 0 Å². The molecule has 3 aromatic carbocycles. The van der Waals surface area contributed by atoms with Gasteiger partial charge in [-0.15, -0.1) is 0 Å². The van der Waals surface area contributed by atoms with Crippen molar-refractivity contribution in [1.82, 2.24) is 4.98 Å². The van der Waals surface area contributed by atoms with Crippen molar-refractivity contribution in [3.05, 3.63) is 100 Å². The monoisotopic (exact) mass is 453 g/mol. The van der Waals surface area contributed by atoms with Gasteiger partial charge in [0.05, 0.1) is 17.3 Å². The lowest BCUT2D eigenvalue weighted by Gasteiger charge is -2.22. The van der Waals surface area contributed by atoms with E-state index in [1.165, 1.54) is 22.4 Å². The average molecular weight is 454 g/mol. The highest BCUT2D eigenvalue weighted by Crippen LogP contribution is 2.34. The Balaban J connectivity index is 1.29. The van der Waals surface area contributed by atoms with Crippen LogP contribution in [0, 0.1) is 11.3 Å². The lowest BCUT2D eigenvalue weighted by atomic mass is 10.0. The summed E-state index contributed by atoms with van der Waals surface area (Å²) in [6, 6.07) is 26.8. The zero-order valence-electron chi connectivity index (χ0n) is 18.3. The minimum absolute atomic E-state index is 0.400. The highest BCUT2D eigenvalue weighted by molar-refractivity contribution is 6.31. The van der Waals surface area contributed by atoms with E-state index in [4.69, 9.17) is 21.6 Å². The standard InChI is InChI=1S/C28H24ClN3O/c29-24-11-9-21-10-12-25(31-27(21)17-24)19-33-26-8-1-4-20(16-26)18-32-15-13-23-6-2-5-22(28(23)32)7-3-14-30/h1-2,4-6,8-12,16-17H,3,7,13,15,18-19H2. The number of aryl methyl sites for hydroxylation is 1. The van der Waals surface area contributed by atoms with Crippen LogP contribution < -0.4 is 9.64 Å². The minimum atomic E-state index is 0.400. The third-order valence-corrected chi connectivity index (χ3v) is 6.28. The Morgan fingerprint density at radius 3 is 2.82 bits per heavy atom. The summed E-state index contributed by atoms with van der Waals surface area (Å²) in [5.41, 5.74) is 6.89. The van der Waals surface area contributed by atoms with Gasteiger partial charge in [-0.25, -0.2) is 4.98 Å². The smallest absolute Gasteiger partial charge is 0.130 e. The SMILES string of the molecule is N#CCCc1cccc2c1N(Cc1cccc(OCc3ccc4ccc(Cl)cc4n3)c1)CC2. The molecule has 0 saturated carbocycles. The third kappa shape index (κ3) is 4.79. The molecule has 5 heteroatoms. The zero-order valence-corrected chi connectivity index (χ0v) is 19.1. The molecule has 0 radical (unpaired) electrons. The predicted molar refractivity (Wildman–Crippen MR) is 133 cm³/mol. The van der Waals surface area contributed by atoms with Gasteiger partial charge < -0.3 is 9.64 Å². The van der Waals surface area contributed by atoms with Gasteiger partial charge in [-0.3, -0.25) is 0 Å². The zero-order chi connectivity index (χ0) is 22.6. The molecule has 33 heavy (non-hydrogen) atoms. The van der Waals surface area contributed by atoms with E-state index in [9.17, 15) is 0 Å². The van der Waals surface area contributed by atoms with Crippen molar-refractivity contribution in [3.8, 4) is 11.8 Å². The van der Waals surface area contributed by atoms with Gasteiger partial charge in [0, 0.05) is 35.6 Å². The molecule has 0 aliphatic carbocycles. The summed E-state index contributed by atoms with van der Waals surface area (Å²) in [6.45, 7) is 2.21. The second-order valence-corrected chi connectivity index (χ2v) is 8.77. The van der Waals surface area contributed by atoms with Crippen molar-refractivity contribution >= 4 is 28.2 Å². The van der Waals surface area contributed by atoms with E-state index in [1.54, 1.807) is 0 Å². The number of aromatic nitrogens is 1. The van der Waals surface area contributed by atoms with Crippen LogP contribution in [0.4, 0.5) is 5.69 Å². The largest absolute Gasteiger partial charge is 0.487 e. The number of benzene rings is 3. The van der Waals surface area contributed by atoms with Gasteiger partial charge in [0.25, 0.3) is 0 Å². The Labute approximate surface area is 199 Å². The molecule has 1 aliphatic heterocycles. The summed E-state index contributed by atoms with van der Waals surface area (Å²) in [4.78, 5) is 7.10. The number of rotatable bonds is 7. The molecule has 164 valence electrons. The van der Waals surface area contributed by atoms with Crippen LogP contribution in [0.1, 0.15) is 28.8 Å². The summed E-state index contributed by atoms with van der Waals surface area (Å²) in [5.74, 6) is 0.831. The Morgan fingerprint density at radius 2 is 1.91 bits per heavy atom. The second kappa shape index (κ2) is 9.52. The number of pyridine rings is 1. The number of hydrogen-bond acceptors (Lipinski definition) is 4. The molecular formula is C28H24ClN3O. The maximum absolute atomic E-state index is 9.02. The fourth-order valence-corrected chi connectivity index (χ4v) is 4.66. The molecule has 0 saturated heterocycles. The first kappa shape index (κ1) is 21.3. The molecule has 0 amide bonds. The molecule has 0 unspecified atom stereocenters. The van der Waals surface area contributed by atoms with Crippen LogP contribution in [0.25, 0.3) is 10.9 Å². The number of ether oxygens (including phenoxy) is 1. The average Bonchev–Trinajstić information content (AvgIpc) is 3.24. The van der Waals surface area contributed by atoms with E-state index in [-0.39, 0.29) is 0 Å². The van der Waals surface area contributed by atoms with Gasteiger partial charge in [-0.05, 0) is 59.9 Å². The molecule has 0 N–H and O–H groups in total. The summed E-state index contributed by atoms with van der Waals surface area (Å²) in [6.07, 6.45) is 2.38. The first-order chi connectivity index (χ1) is 16.2. The van der Waals surface area contributed by atoms with E-state index in [0.717, 1.165) is 48.3 Å². The number of halogens is 1. The molecule has 4 nitrogen and oxygen atoms in total. The normalized spacial score (nSPS) is 12.5. The molecule has 0 atom stereocenters. The fourth-order valence-electron chi connectivity index (χ4n) is 4.49. The number of nitrogens with zero attached hydrogens (tertiary/aromatic N) is 3. The highest BCUT2D eigenvalue weighted by Gasteiger charge is 2.22. The fraction of sp³-hybridized carbons (Fsp3) is 0.214. The van der Waals surface area contributed by atoms with Crippen LogP contribution in [-0.2, 0) is 26.0 Å². The summed E-state index contributed by atoms with van der Waals surface area (Å²) < 4.78 is 6.07. The maximum Gasteiger partial charge on any atom is 0.130 e. The van der Waals surface area contributed by atoms with E-state index in [0.29, 0.717) is 18.1 Å². The molecule has 1 aliphatic rings. The molecule has 0 bridgehead atoms. The van der Waals surface area contributed by atoms with Crippen molar-refractivity contribution in [2.45, 2.75) is 32.4 Å². The van der Waals surface area contributed by atoms with Gasteiger partial charge in [0.1, 0.15) is 12.4 Å². The minimum Gasteiger partial charge on any atom is -0.487 e. The Kier molecular flexibility index (Phi) is 6.15. The topological polar surface area (TPSA) is 49.2 Å². The summed E-state index contributed by atoms with van der Waals surface area (Å²) in [5, 5.41) is 10.8. The lowest BCUT2D eigenvalue weighted by Crippen LogP contribution is -2.20. The molecule has 1 aromatic heterocycles. The number of nitriles is 1. The predicted octanol–water partition coefficient (Wildman–Crippen LogP) is 6.49. The summed E-state index contributed by atoms with van der Waals surface area (Å²) >= 11 is 6.11. The molecule has 2 heterocycles. The van der Waals surface area contributed by atoms with E-state index < -0.39 is 0 Å². The van der Waals surface area contributed by atoms with Crippen molar-refractivity contribution in [1.29, 1.82) is 5.26 Å². The molecule has 0 spiro atoms. The molecule has 0 fully saturated rings. The highest BCUT2D eigenvalue weighted by atomic mass is 35.5. The van der Waals surface area contributed by atoms with Crippen LogP contribution in [0.3, 0.4) is 0 Å². The molecular weight excluding hydrogens is 430 g/mol. The second-order valence-electron chi connectivity index (χ2n) is 8.33. The first-order valence-electron chi connectivity index (χ1n) is 11.2. The van der Waals surface area contributed by atoms with Gasteiger partial charge in [-0.2, -0.15) is 5.26 Å². The molecule has 5 rings (SSSR count). The Bertz CT molecular complexity index is 1340. The summed E-state index contributed by atoms with van der Waals surface area (Å²) in [7, 11) is 0.